The molecular weight excluding hydrogens is 412 g/mol. The Hall–Kier alpha value is -2.38. The van der Waals surface area contributed by atoms with Gasteiger partial charge in [-0.25, -0.2) is 8.42 Å². The molecule has 0 aromatic heterocycles. The number of phenolic OH excluding ortho intramolecular Hbond substituents is 1. The van der Waals surface area contributed by atoms with Crippen molar-refractivity contribution in [3.8, 4) is 5.75 Å². The Morgan fingerprint density at radius 1 is 1.23 bits per heavy atom. The number of phenols is 1. The molecule has 166 valence electrons. The van der Waals surface area contributed by atoms with Crippen LogP contribution in [-0.4, -0.2) is 68.2 Å². The number of rotatable bonds is 4. The molecule has 0 spiro atoms. The third-order valence-electron chi connectivity index (χ3n) is 7.22. The molecule has 2 aromatic carbocycles. The van der Waals surface area contributed by atoms with E-state index in [4.69, 9.17) is 0 Å². The fourth-order valence-electron chi connectivity index (χ4n) is 5.44. The van der Waals surface area contributed by atoms with Gasteiger partial charge in [0, 0.05) is 24.8 Å². The van der Waals surface area contributed by atoms with Gasteiger partial charge in [-0.2, -0.15) is 0 Å². The van der Waals surface area contributed by atoms with Crippen LogP contribution in [0.4, 0.5) is 0 Å². The molecule has 6 nitrogen and oxygen atoms in total. The summed E-state index contributed by atoms with van der Waals surface area (Å²) in [6.07, 6.45) is 3.14. The monoisotopic (exact) mass is 442 g/mol. The van der Waals surface area contributed by atoms with E-state index in [2.05, 4.69) is 18.9 Å². The smallest absolute Gasteiger partial charge is 0.227 e. The van der Waals surface area contributed by atoms with E-state index in [-0.39, 0.29) is 40.5 Å². The van der Waals surface area contributed by atoms with Crippen molar-refractivity contribution in [2.45, 2.75) is 48.6 Å². The summed E-state index contributed by atoms with van der Waals surface area (Å²) in [7, 11) is 0.728. The molecule has 3 atom stereocenters. The number of carbonyl (C=O) groups excluding carboxylic acids is 1. The molecule has 4 rings (SSSR count). The number of sulfone groups is 1. The molecule has 1 aliphatic heterocycles. The second kappa shape index (κ2) is 7.64. The van der Waals surface area contributed by atoms with Crippen LogP contribution in [0, 0.1) is 0 Å². The minimum Gasteiger partial charge on any atom is -0.508 e. The summed E-state index contributed by atoms with van der Waals surface area (Å²) < 4.78 is 23.4. The van der Waals surface area contributed by atoms with Gasteiger partial charge in [0.05, 0.1) is 17.4 Å². The van der Waals surface area contributed by atoms with Crippen LogP contribution < -0.4 is 0 Å². The summed E-state index contributed by atoms with van der Waals surface area (Å²) in [5, 5.41) is 10.1. The molecule has 1 saturated heterocycles. The lowest BCUT2D eigenvalue weighted by molar-refractivity contribution is -0.136. The van der Waals surface area contributed by atoms with Crippen molar-refractivity contribution in [3.05, 3.63) is 59.2 Å². The molecule has 0 saturated carbocycles. The van der Waals surface area contributed by atoms with Crippen molar-refractivity contribution in [2.75, 3.05) is 26.9 Å². The Balaban J connectivity index is 1.62. The van der Waals surface area contributed by atoms with Gasteiger partial charge in [-0.3, -0.25) is 4.79 Å². The lowest BCUT2D eigenvalue weighted by atomic mass is 9.61. The molecule has 2 aromatic rings. The maximum absolute atomic E-state index is 13.3. The van der Waals surface area contributed by atoms with Crippen molar-refractivity contribution in [3.63, 3.8) is 0 Å². The number of hydrogen-bond donors (Lipinski definition) is 1. The van der Waals surface area contributed by atoms with E-state index in [0.717, 1.165) is 30.5 Å². The predicted octanol–water partition coefficient (Wildman–Crippen LogP) is 2.38. The largest absolute Gasteiger partial charge is 0.508 e. The minimum absolute atomic E-state index is 0.00670. The Morgan fingerprint density at radius 2 is 1.90 bits per heavy atom. The number of aromatic hydroxyl groups is 1. The first kappa shape index (κ1) is 21.8. The molecule has 1 N–H and O–H groups in total. The van der Waals surface area contributed by atoms with E-state index in [9.17, 15) is 18.3 Å². The van der Waals surface area contributed by atoms with Crippen molar-refractivity contribution < 1.29 is 18.3 Å². The quantitative estimate of drug-likeness (QED) is 0.787. The van der Waals surface area contributed by atoms with Crippen LogP contribution >= 0.6 is 0 Å². The lowest BCUT2D eigenvalue weighted by Crippen LogP contribution is -2.67. The van der Waals surface area contributed by atoms with Crippen molar-refractivity contribution >= 4 is 15.7 Å². The van der Waals surface area contributed by atoms with Crippen LogP contribution in [0.15, 0.2) is 47.4 Å². The minimum atomic E-state index is -3.26. The lowest BCUT2D eigenvalue weighted by Gasteiger charge is -2.57. The third kappa shape index (κ3) is 3.85. The van der Waals surface area contributed by atoms with Gasteiger partial charge in [0.1, 0.15) is 5.75 Å². The zero-order valence-corrected chi connectivity index (χ0v) is 19.3. The van der Waals surface area contributed by atoms with Gasteiger partial charge < -0.3 is 14.9 Å². The first-order chi connectivity index (χ1) is 14.5. The highest BCUT2D eigenvalue weighted by Gasteiger charge is 2.52. The highest BCUT2D eigenvalue weighted by molar-refractivity contribution is 7.90. The number of nitrogens with zero attached hydrogens (tertiary/aromatic N) is 2. The summed E-state index contributed by atoms with van der Waals surface area (Å²) >= 11 is 0. The topological polar surface area (TPSA) is 77.9 Å². The molecule has 31 heavy (non-hydrogen) atoms. The first-order valence-electron chi connectivity index (χ1n) is 10.6. The van der Waals surface area contributed by atoms with E-state index >= 15 is 0 Å². The number of benzene rings is 2. The van der Waals surface area contributed by atoms with E-state index < -0.39 is 9.84 Å². The molecule has 1 heterocycles. The predicted molar refractivity (Wildman–Crippen MR) is 120 cm³/mol. The number of amides is 1. The van der Waals surface area contributed by atoms with E-state index in [1.54, 1.807) is 30.3 Å². The second-order valence-corrected chi connectivity index (χ2v) is 11.3. The summed E-state index contributed by atoms with van der Waals surface area (Å²) in [4.78, 5) is 17.8. The highest BCUT2D eigenvalue weighted by Crippen LogP contribution is 2.47. The van der Waals surface area contributed by atoms with Gasteiger partial charge in [-0.15, -0.1) is 0 Å². The molecule has 7 heteroatoms. The Labute approximate surface area is 184 Å². The van der Waals surface area contributed by atoms with Gasteiger partial charge in [0.25, 0.3) is 0 Å². The standard InChI is InChI=1S/C24H30N2O4S/c1-24-11-12-25(2)21(14-17-7-8-18(27)15-20(17)24)23(24)26(3)22(28)13-16-5-9-19(10-6-16)31(4,29)30/h5-10,15,21,23,27H,11-14H2,1-4H3/t21-,23-,24+/m1/s1. The van der Waals surface area contributed by atoms with Gasteiger partial charge in [0.2, 0.25) is 5.91 Å². The average Bonchev–Trinajstić information content (AvgIpc) is 2.71. The van der Waals surface area contributed by atoms with Crippen LogP contribution in [0.1, 0.15) is 30.0 Å². The average molecular weight is 443 g/mol. The molecule has 2 bridgehead atoms. The fourth-order valence-corrected chi connectivity index (χ4v) is 6.07. The molecule has 2 aliphatic rings. The van der Waals surface area contributed by atoms with Crippen LogP contribution in [0.3, 0.4) is 0 Å². The van der Waals surface area contributed by atoms with E-state index in [1.807, 2.05) is 24.1 Å². The summed E-state index contributed by atoms with van der Waals surface area (Å²) in [5.74, 6) is 0.267. The number of hydrogen-bond acceptors (Lipinski definition) is 5. The van der Waals surface area contributed by atoms with Crippen LogP contribution in [0.2, 0.25) is 0 Å². The zero-order valence-electron chi connectivity index (χ0n) is 18.5. The van der Waals surface area contributed by atoms with Crippen LogP contribution in [0.5, 0.6) is 5.75 Å². The number of piperidine rings is 1. The normalized spacial score (nSPS) is 25.7. The molecule has 1 aliphatic carbocycles. The van der Waals surface area contributed by atoms with E-state index in [0.29, 0.717) is 0 Å². The Kier molecular flexibility index (Phi) is 5.38. The van der Waals surface area contributed by atoms with Crippen molar-refractivity contribution in [1.29, 1.82) is 0 Å². The summed E-state index contributed by atoms with van der Waals surface area (Å²) in [6, 6.07) is 12.4. The number of fused-ring (bicyclic) bond motifs is 4. The van der Waals surface area contributed by atoms with Crippen molar-refractivity contribution in [2.24, 2.45) is 0 Å². The maximum atomic E-state index is 13.3. The third-order valence-corrected chi connectivity index (χ3v) is 8.35. The fraction of sp³-hybridized carbons (Fsp3) is 0.458. The molecule has 1 amide bonds. The highest BCUT2D eigenvalue weighted by atomic mass is 32.2. The van der Waals surface area contributed by atoms with E-state index in [1.165, 1.54) is 11.8 Å². The second-order valence-electron chi connectivity index (χ2n) is 9.30. The molecule has 1 fully saturated rings. The number of carbonyl (C=O) groups is 1. The van der Waals surface area contributed by atoms with Gasteiger partial charge >= 0.3 is 0 Å². The van der Waals surface area contributed by atoms with Crippen LogP contribution in [-0.2, 0) is 32.9 Å². The SMILES string of the molecule is CN1CC[C@@]2(C)c3cc(O)ccc3C[C@@H]1[C@H]2N(C)C(=O)Cc1ccc(S(C)(=O)=O)cc1. The van der Waals surface area contributed by atoms with Crippen molar-refractivity contribution in [1.82, 2.24) is 9.80 Å². The molecule has 0 unspecified atom stereocenters. The first-order valence-corrected chi connectivity index (χ1v) is 12.5. The maximum Gasteiger partial charge on any atom is 0.227 e. The van der Waals surface area contributed by atoms with Gasteiger partial charge in [-0.1, -0.05) is 25.1 Å². The number of likely N-dealkylation sites (N-methyl/N-ethyl adjacent to an activating group) is 2. The Morgan fingerprint density at radius 3 is 2.55 bits per heavy atom. The van der Waals surface area contributed by atoms with Gasteiger partial charge in [0.15, 0.2) is 9.84 Å². The zero-order chi connectivity index (χ0) is 22.6. The Bertz CT molecular complexity index is 1110. The summed E-state index contributed by atoms with van der Waals surface area (Å²) in [5.41, 5.74) is 2.93. The summed E-state index contributed by atoms with van der Waals surface area (Å²) in [6.45, 7) is 3.15. The molecule has 0 radical (unpaired) electrons. The van der Waals surface area contributed by atoms with Gasteiger partial charge in [-0.05, 0) is 67.4 Å². The number of likely N-dealkylation sites (tertiary alicyclic amines) is 1. The molecular formula is C24H30N2O4S. The van der Waals surface area contributed by atoms with Crippen LogP contribution in [0.25, 0.3) is 0 Å².